The van der Waals surface area contributed by atoms with Gasteiger partial charge in [0.05, 0.1) is 0 Å². The molecule has 0 aliphatic carbocycles. The first-order chi connectivity index (χ1) is 10.3. The number of aryl methyl sites for hydroxylation is 1. The van der Waals surface area contributed by atoms with Gasteiger partial charge in [0.1, 0.15) is 6.07 Å². The minimum atomic E-state index is 0.311. The Morgan fingerprint density at radius 2 is 2.00 bits per heavy atom. The van der Waals surface area contributed by atoms with Crippen LogP contribution in [0.2, 0.25) is 0 Å². The van der Waals surface area contributed by atoms with Crippen molar-refractivity contribution in [2.45, 2.75) is 13.3 Å². The van der Waals surface area contributed by atoms with Gasteiger partial charge in [-0.15, -0.1) is 0 Å². The number of nitrogens with one attached hydrogen (secondary N) is 1. The summed E-state index contributed by atoms with van der Waals surface area (Å²) in [5, 5.41) is 14.6. The molecule has 21 heavy (non-hydrogen) atoms. The fraction of sp³-hybridized carbons (Fsp3) is 0.176. The van der Waals surface area contributed by atoms with E-state index in [0.29, 0.717) is 24.0 Å². The zero-order chi connectivity index (χ0) is 14.7. The predicted octanol–water partition coefficient (Wildman–Crippen LogP) is 3.66. The molecule has 4 heteroatoms. The summed E-state index contributed by atoms with van der Waals surface area (Å²) in [6.07, 6.45) is 0.853. The standard InChI is InChI=1S/C17H15N3O/c1-12-20-16(11-18)17(21-12)19-10-9-14-7-4-6-13-5-2-3-8-15(13)14/h2-8,19H,9-10H2,1H3. The monoisotopic (exact) mass is 277 g/mol. The van der Waals surface area contributed by atoms with Crippen molar-refractivity contribution in [3.05, 3.63) is 59.6 Å². The minimum absolute atomic E-state index is 0.311. The van der Waals surface area contributed by atoms with E-state index >= 15 is 0 Å². The Kier molecular flexibility index (Phi) is 3.57. The smallest absolute Gasteiger partial charge is 0.232 e. The Labute approximate surface area is 123 Å². The lowest BCUT2D eigenvalue weighted by Crippen LogP contribution is -2.05. The Morgan fingerprint density at radius 3 is 2.86 bits per heavy atom. The maximum Gasteiger partial charge on any atom is 0.232 e. The zero-order valence-corrected chi connectivity index (χ0v) is 11.8. The van der Waals surface area contributed by atoms with Crippen LogP contribution in [0.4, 0.5) is 5.88 Å². The fourth-order valence-corrected chi connectivity index (χ4v) is 2.44. The topological polar surface area (TPSA) is 61.9 Å². The first-order valence-corrected chi connectivity index (χ1v) is 6.86. The number of rotatable bonds is 4. The first-order valence-electron chi connectivity index (χ1n) is 6.86. The highest BCUT2D eigenvalue weighted by atomic mass is 16.4. The molecule has 0 fully saturated rings. The maximum atomic E-state index is 8.98. The number of hydrogen-bond acceptors (Lipinski definition) is 4. The molecule has 0 amide bonds. The van der Waals surface area contributed by atoms with Crippen molar-refractivity contribution in [2.24, 2.45) is 0 Å². The van der Waals surface area contributed by atoms with Crippen molar-refractivity contribution in [2.75, 3.05) is 11.9 Å². The van der Waals surface area contributed by atoms with Gasteiger partial charge in [-0.2, -0.15) is 5.26 Å². The van der Waals surface area contributed by atoms with E-state index in [1.165, 1.54) is 16.3 Å². The van der Waals surface area contributed by atoms with E-state index in [2.05, 4.69) is 40.6 Å². The van der Waals surface area contributed by atoms with Crippen LogP contribution in [-0.4, -0.2) is 11.5 Å². The van der Waals surface area contributed by atoms with Crippen molar-refractivity contribution in [3.8, 4) is 6.07 Å². The summed E-state index contributed by atoms with van der Waals surface area (Å²) in [7, 11) is 0. The molecular formula is C17H15N3O. The third-order valence-corrected chi connectivity index (χ3v) is 3.40. The molecule has 0 saturated carbocycles. The summed E-state index contributed by atoms with van der Waals surface area (Å²) in [4.78, 5) is 4.01. The molecular weight excluding hydrogens is 262 g/mol. The van der Waals surface area contributed by atoms with E-state index < -0.39 is 0 Å². The summed E-state index contributed by atoms with van der Waals surface area (Å²) < 4.78 is 5.39. The molecule has 0 aliphatic rings. The van der Waals surface area contributed by atoms with E-state index in [1.54, 1.807) is 6.92 Å². The lowest BCUT2D eigenvalue weighted by Gasteiger charge is -2.07. The molecule has 3 rings (SSSR count). The summed E-state index contributed by atoms with van der Waals surface area (Å²) >= 11 is 0. The van der Waals surface area contributed by atoms with Crippen molar-refractivity contribution >= 4 is 16.7 Å². The SMILES string of the molecule is Cc1nc(C#N)c(NCCc2cccc3ccccc23)o1. The number of nitriles is 1. The van der Waals surface area contributed by atoms with Crippen LogP contribution in [0.5, 0.6) is 0 Å². The normalized spacial score (nSPS) is 10.5. The second-order valence-corrected chi connectivity index (χ2v) is 4.84. The molecule has 0 unspecified atom stereocenters. The van der Waals surface area contributed by atoms with E-state index in [4.69, 9.17) is 9.68 Å². The molecule has 1 N–H and O–H groups in total. The van der Waals surface area contributed by atoms with Crippen LogP contribution in [0.25, 0.3) is 10.8 Å². The first kappa shape index (κ1) is 13.2. The van der Waals surface area contributed by atoms with E-state index in [1.807, 2.05) is 18.2 Å². The van der Waals surface area contributed by atoms with Crippen molar-refractivity contribution in [3.63, 3.8) is 0 Å². The number of oxazole rings is 1. The van der Waals surface area contributed by atoms with Crippen LogP contribution < -0.4 is 5.32 Å². The average molecular weight is 277 g/mol. The molecule has 1 heterocycles. The molecule has 2 aromatic carbocycles. The fourth-order valence-electron chi connectivity index (χ4n) is 2.44. The number of anilines is 1. The van der Waals surface area contributed by atoms with E-state index in [9.17, 15) is 0 Å². The minimum Gasteiger partial charge on any atom is -0.424 e. The van der Waals surface area contributed by atoms with Gasteiger partial charge in [-0.05, 0) is 22.8 Å². The number of hydrogen-bond donors (Lipinski definition) is 1. The van der Waals surface area contributed by atoms with Crippen LogP contribution in [0.15, 0.2) is 46.9 Å². The molecule has 0 bridgehead atoms. The van der Waals surface area contributed by atoms with Gasteiger partial charge in [0, 0.05) is 13.5 Å². The molecule has 0 saturated heterocycles. The molecule has 3 aromatic rings. The quantitative estimate of drug-likeness (QED) is 0.790. The maximum absolute atomic E-state index is 8.98. The van der Waals surface area contributed by atoms with Crippen molar-refractivity contribution < 1.29 is 4.42 Å². The third-order valence-electron chi connectivity index (χ3n) is 3.40. The lowest BCUT2D eigenvalue weighted by atomic mass is 10.0. The molecule has 0 spiro atoms. The molecule has 4 nitrogen and oxygen atoms in total. The summed E-state index contributed by atoms with van der Waals surface area (Å²) in [5.74, 6) is 0.953. The van der Waals surface area contributed by atoms with Crippen LogP contribution >= 0.6 is 0 Å². The number of nitrogens with zero attached hydrogens (tertiary/aromatic N) is 2. The zero-order valence-electron chi connectivity index (χ0n) is 11.8. The van der Waals surface area contributed by atoms with E-state index in [-0.39, 0.29) is 0 Å². The van der Waals surface area contributed by atoms with Crippen LogP contribution in [0, 0.1) is 18.3 Å². The molecule has 104 valence electrons. The van der Waals surface area contributed by atoms with E-state index in [0.717, 1.165) is 6.42 Å². The molecule has 0 radical (unpaired) electrons. The highest BCUT2D eigenvalue weighted by Crippen LogP contribution is 2.20. The Morgan fingerprint density at radius 1 is 1.19 bits per heavy atom. The van der Waals surface area contributed by atoms with Crippen LogP contribution in [0.3, 0.4) is 0 Å². The summed E-state index contributed by atoms with van der Waals surface area (Å²) in [6, 6.07) is 16.7. The number of fused-ring (bicyclic) bond motifs is 1. The van der Waals surface area contributed by atoms with Crippen LogP contribution in [-0.2, 0) is 6.42 Å². The van der Waals surface area contributed by atoms with Gasteiger partial charge >= 0.3 is 0 Å². The van der Waals surface area contributed by atoms with Gasteiger partial charge in [-0.25, -0.2) is 4.98 Å². The highest BCUT2D eigenvalue weighted by molar-refractivity contribution is 5.85. The van der Waals surface area contributed by atoms with Crippen LogP contribution in [0.1, 0.15) is 17.1 Å². The van der Waals surface area contributed by atoms with Gasteiger partial charge in [0.15, 0.2) is 5.89 Å². The predicted molar refractivity (Wildman–Crippen MR) is 82.1 cm³/mol. The van der Waals surface area contributed by atoms with Crippen molar-refractivity contribution in [1.29, 1.82) is 5.26 Å². The Bertz CT molecular complexity index is 809. The number of aromatic nitrogens is 1. The highest BCUT2D eigenvalue weighted by Gasteiger charge is 2.09. The van der Waals surface area contributed by atoms with Gasteiger partial charge in [-0.1, -0.05) is 42.5 Å². The van der Waals surface area contributed by atoms with Gasteiger partial charge in [0.2, 0.25) is 11.6 Å². The molecule has 0 aliphatic heterocycles. The third kappa shape index (κ3) is 2.72. The largest absolute Gasteiger partial charge is 0.424 e. The number of benzene rings is 2. The second-order valence-electron chi connectivity index (χ2n) is 4.84. The molecule has 1 aromatic heterocycles. The Hall–Kier alpha value is -2.80. The summed E-state index contributed by atoms with van der Waals surface area (Å²) in [5.41, 5.74) is 1.58. The van der Waals surface area contributed by atoms with Crippen molar-refractivity contribution in [1.82, 2.24) is 4.98 Å². The van der Waals surface area contributed by atoms with Gasteiger partial charge in [0.25, 0.3) is 0 Å². The average Bonchev–Trinajstić information content (AvgIpc) is 2.87. The summed E-state index contributed by atoms with van der Waals surface area (Å²) in [6.45, 7) is 2.42. The second kappa shape index (κ2) is 5.68. The molecule has 0 atom stereocenters. The van der Waals surface area contributed by atoms with Gasteiger partial charge in [-0.3, -0.25) is 0 Å². The lowest BCUT2D eigenvalue weighted by molar-refractivity contribution is 0.532. The van der Waals surface area contributed by atoms with Gasteiger partial charge < -0.3 is 9.73 Å². The Balaban J connectivity index is 1.74.